The monoisotopic (exact) mass is 240 g/mol. The highest BCUT2D eigenvalue weighted by molar-refractivity contribution is 6.62. The zero-order valence-corrected chi connectivity index (χ0v) is 9.10. The van der Waals surface area contributed by atoms with Crippen LogP contribution >= 0.6 is 0 Å². The number of halogens is 1. The third-order valence-corrected chi connectivity index (χ3v) is 2.44. The van der Waals surface area contributed by atoms with Crippen LogP contribution in [0.2, 0.25) is 0 Å². The van der Waals surface area contributed by atoms with Crippen LogP contribution in [0, 0.1) is 5.82 Å². The maximum absolute atomic E-state index is 13.8. The van der Waals surface area contributed by atoms with E-state index in [1.54, 1.807) is 0 Å². The van der Waals surface area contributed by atoms with Crippen molar-refractivity contribution < 1.29 is 28.3 Å². The predicted octanol–water partition coefficient (Wildman–Crippen LogP) is 0.274. The summed E-state index contributed by atoms with van der Waals surface area (Å²) in [7, 11) is 0.560. The highest BCUT2D eigenvalue weighted by Gasteiger charge is 2.32. The van der Waals surface area contributed by atoms with Crippen molar-refractivity contribution >= 4 is 18.6 Å². The van der Waals surface area contributed by atoms with E-state index in [2.05, 4.69) is 0 Å². The van der Waals surface area contributed by atoms with Crippen molar-refractivity contribution in [3.63, 3.8) is 0 Å². The normalized spacial score (nSPS) is 15.1. The largest absolute Gasteiger partial charge is 0.497 e. The van der Waals surface area contributed by atoms with Crippen LogP contribution in [0.15, 0.2) is 12.1 Å². The minimum atomic E-state index is -1.35. The standard InChI is InChI=1S/C10H10BFO5/c1-15-9-7(11-16-4-5-17-11)3-2-6(8(9)12)10(13)14/h2-3H,4-5H2,1H3,(H,13,14). The molecule has 0 saturated carbocycles. The molecule has 0 radical (unpaired) electrons. The van der Waals surface area contributed by atoms with Crippen LogP contribution in [0.4, 0.5) is 4.39 Å². The summed E-state index contributed by atoms with van der Waals surface area (Å²) in [6.45, 7) is 0.826. The molecule has 1 aromatic carbocycles. The maximum atomic E-state index is 13.8. The van der Waals surface area contributed by atoms with Gasteiger partial charge in [-0.3, -0.25) is 0 Å². The lowest BCUT2D eigenvalue weighted by atomic mass is 9.78. The number of aromatic carboxylic acids is 1. The zero-order chi connectivity index (χ0) is 12.4. The van der Waals surface area contributed by atoms with Crippen LogP contribution in [-0.2, 0) is 9.31 Å². The van der Waals surface area contributed by atoms with Gasteiger partial charge in [0.1, 0.15) is 0 Å². The van der Waals surface area contributed by atoms with E-state index in [9.17, 15) is 9.18 Å². The number of hydrogen-bond acceptors (Lipinski definition) is 4. The topological polar surface area (TPSA) is 65.0 Å². The Kier molecular flexibility index (Phi) is 3.30. The van der Waals surface area contributed by atoms with Crippen molar-refractivity contribution in [2.45, 2.75) is 0 Å². The molecule has 17 heavy (non-hydrogen) atoms. The van der Waals surface area contributed by atoms with Gasteiger partial charge < -0.3 is 19.2 Å². The minimum Gasteiger partial charge on any atom is -0.494 e. The summed E-state index contributed by atoms with van der Waals surface area (Å²) in [6, 6.07) is 2.60. The number of methoxy groups -OCH3 is 1. The molecule has 1 aromatic rings. The SMILES string of the molecule is COc1c(B2OCCO2)ccc(C(=O)O)c1F. The van der Waals surface area contributed by atoms with Gasteiger partial charge in [-0.25, -0.2) is 9.18 Å². The van der Waals surface area contributed by atoms with E-state index < -0.39 is 24.5 Å². The maximum Gasteiger partial charge on any atom is 0.497 e. The molecular formula is C10H10BFO5. The molecule has 1 N–H and O–H groups in total. The summed E-state index contributed by atoms with van der Waals surface area (Å²) in [6.07, 6.45) is 0. The number of benzene rings is 1. The summed E-state index contributed by atoms with van der Waals surface area (Å²) < 4.78 is 29.1. The second-order valence-electron chi connectivity index (χ2n) is 3.43. The Morgan fingerprint density at radius 1 is 1.47 bits per heavy atom. The third-order valence-electron chi connectivity index (χ3n) is 2.44. The van der Waals surface area contributed by atoms with Crippen molar-refractivity contribution in [1.82, 2.24) is 0 Å². The highest BCUT2D eigenvalue weighted by atomic mass is 19.1. The van der Waals surface area contributed by atoms with E-state index in [0.717, 1.165) is 0 Å². The Labute approximate surface area is 97.2 Å². The molecule has 1 aliphatic rings. The fraction of sp³-hybridized carbons (Fsp3) is 0.300. The molecule has 0 bridgehead atoms. The molecule has 1 heterocycles. The molecule has 0 spiro atoms. The van der Waals surface area contributed by atoms with Crippen LogP contribution in [0.1, 0.15) is 10.4 Å². The Morgan fingerprint density at radius 2 is 2.12 bits per heavy atom. The first-order chi connectivity index (χ1) is 8.15. The van der Waals surface area contributed by atoms with E-state index >= 15 is 0 Å². The van der Waals surface area contributed by atoms with Gasteiger partial charge in [0.2, 0.25) is 0 Å². The summed E-state index contributed by atoms with van der Waals surface area (Å²) in [4.78, 5) is 10.8. The van der Waals surface area contributed by atoms with Gasteiger partial charge in [0, 0.05) is 5.46 Å². The molecule has 0 atom stereocenters. The Balaban J connectivity index is 2.46. The van der Waals surface area contributed by atoms with Crippen molar-refractivity contribution in [2.75, 3.05) is 20.3 Å². The zero-order valence-electron chi connectivity index (χ0n) is 9.10. The van der Waals surface area contributed by atoms with Gasteiger partial charge in [0.05, 0.1) is 25.9 Å². The van der Waals surface area contributed by atoms with Crippen LogP contribution in [-0.4, -0.2) is 38.5 Å². The summed E-state index contributed by atoms with van der Waals surface area (Å²) in [5.41, 5.74) is -0.0869. The number of rotatable bonds is 3. The molecule has 0 aromatic heterocycles. The van der Waals surface area contributed by atoms with Gasteiger partial charge in [-0.15, -0.1) is 0 Å². The highest BCUT2D eigenvalue weighted by Crippen LogP contribution is 2.20. The number of carbonyl (C=O) groups is 1. The number of carboxylic acid groups (broad SMARTS) is 1. The Morgan fingerprint density at radius 3 is 2.65 bits per heavy atom. The van der Waals surface area contributed by atoms with E-state index in [1.165, 1.54) is 19.2 Å². The quantitative estimate of drug-likeness (QED) is 0.768. The third kappa shape index (κ3) is 2.11. The molecule has 0 aliphatic carbocycles. The van der Waals surface area contributed by atoms with Crippen LogP contribution in [0.25, 0.3) is 0 Å². The van der Waals surface area contributed by atoms with Gasteiger partial charge in [-0.05, 0) is 6.07 Å². The lowest BCUT2D eigenvalue weighted by molar-refractivity contribution is 0.0691. The lowest BCUT2D eigenvalue weighted by Gasteiger charge is -2.12. The molecule has 1 aliphatic heterocycles. The Hall–Kier alpha value is -1.60. The van der Waals surface area contributed by atoms with Crippen molar-refractivity contribution in [3.8, 4) is 5.75 Å². The molecule has 0 unspecified atom stereocenters. The number of ether oxygens (including phenoxy) is 1. The van der Waals surface area contributed by atoms with Gasteiger partial charge in [-0.2, -0.15) is 0 Å². The van der Waals surface area contributed by atoms with E-state index in [-0.39, 0.29) is 5.75 Å². The van der Waals surface area contributed by atoms with Gasteiger partial charge in [0.15, 0.2) is 11.6 Å². The molecule has 7 heteroatoms. The molecule has 0 amide bonds. The van der Waals surface area contributed by atoms with Gasteiger partial charge in [0.25, 0.3) is 0 Å². The van der Waals surface area contributed by atoms with Crippen molar-refractivity contribution in [3.05, 3.63) is 23.5 Å². The number of hydrogen-bond donors (Lipinski definition) is 1. The first-order valence-corrected chi connectivity index (χ1v) is 4.98. The van der Waals surface area contributed by atoms with Crippen LogP contribution < -0.4 is 10.2 Å². The van der Waals surface area contributed by atoms with E-state index in [0.29, 0.717) is 18.7 Å². The summed E-state index contributed by atoms with van der Waals surface area (Å²) in [5.74, 6) is -2.42. The Bertz CT molecular complexity index is 445. The minimum absolute atomic E-state index is 0.156. The van der Waals surface area contributed by atoms with Crippen LogP contribution in [0.3, 0.4) is 0 Å². The predicted molar refractivity (Wildman–Crippen MR) is 57.2 cm³/mol. The smallest absolute Gasteiger partial charge is 0.494 e. The fourth-order valence-corrected chi connectivity index (χ4v) is 1.67. The average molecular weight is 240 g/mol. The van der Waals surface area contributed by atoms with Crippen molar-refractivity contribution in [2.24, 2.45) is 0 Å². The lowest BCUT2D eigenvalue weighted by Crippen LogP contribution is -2.34. The van der Waals surface area contributed by atoms with Crippen molar-refractivity contribution in [1.29, 1.82) is 0 Å². The van der Waals surface area contributed by atoms with E-state index in [4.69, 9.17) is 19.2 Å². The molecule has 5 nitrogen and oxygen atoms in total. The van der Waals surface area contributed by atoms with Crippen LogP contribution in [0.5, 0.6) is 5.75 Å². The molecule has 1 fully saturated rings. The first-order valence-electron chi connectivity index (χ1n) is 4.98. The van der Waals surface area contributed by atoms with E-state index in [1.807, 2.05) is 0 Å². The molecule has 2 rings (SSSR count). The summed E-state index contributed by atoms with van der Waals surface area (Å²) >= 11 is 0. The second kappa shape index (κ2) is 4.73. The average Bonchev–Trinajstić information content (AvgIpc) is 2.81. The molecule has 1 saturated heterocycles. The molecular weight excluding hydrogens is 230 g/mol. The molecule has 90 valence electrons. The van der Waals surface area contributed by atoms with Gasteiger partial charge in [-0.1, -0.05) is 6.07 Å². The summed E-state index contributed by atoms with van der Waals surface area (Å²) in [5, 5.41) is 8.78. The number of carboxylic acids is 1. The fourth-order valence-electron chi connectivity index (χ4n) is 1.67. The second-order valence-corrected chi connectivity index (χ2v) is 3.43. The van der Waals surface area contributed by atoms with Gasteiger partial charge >= 0.3 is 13.1 Å². The first kappa shape index (κ1) is 11.9.